The molecule has 4 N–H and O–H groups in total. The lowest BCUT2D eigenvalue weighted by molar-refractivity contribution is -0.137. The van der Waals surface area contributed by atoms with Crippen LogP contribution in [0.4, 0.5) is 10.5 Å². The number of benzene rings is 1. The van der Waals surface area contributed by atoms with Crippen molar-refractivity contribution in [2.75, 3.05) is 18.4 Å². The van der Waals surface area contributed by atoms with Gasteiger partial charge in [-0.1, -0.05) is 17.7 Å². The van der Waals surface area contributed by atoms with Gasteiger partial charge in [-0.05, 0) is 18.2 Å². The Hall–Kier alpha value is -2.28. The minimum Gasteiger partial charge on any atom is -0.480 e. The van der Waals surface area contributed by atoms with Crippen LogP contribution in [0.5, 0.6) is 0 Å². The highest BCUT2D eigenvalue weighted by atomic mass is 35.5. The Morgan fingerprint density at radius 3 is 2.53 bits per heavy atom. The molecule has 0 bridgehead atoms. The number of primary amides is 1. The number of amides is 3. The number of aliphatic carboxylic acids is 1. The molecule has 0 unspecified atom stereocenters. The molecule has 0 saturated carbocycles. The summed E-state index contributed by atoms with van der Waals surface area (Å²) >= 11 is 5.74. The van der Waals surface area contributed by atoms with E-state index >= 15 is 0 Å². The van der Waals surface area contributed by atoms with Crippen LogP contribution in [0, 0.1) is 0 Å². The molecule has 19 heavy (non-hydrogen) atoms. The summed E-state index contributed by atoms with van der Waals surface area (Å²) in [5.74, 6) is -2.05. The Morgan fingerprint density at radius 2 is 2.00 bits per heavy atom. The van der Waals surface area contributed by atoms with Crippen molar-refractivity contribution in [1.82, 2.24) is 4.90 Å². The first kappa shape index (κ1) is 14.8. The number of nitrogens with one attached hydrogen (secondary N) is 1. The summed E-state index contributed by atoms with van der Waals surface area (Å²) in [4.78, 5) is 34.0. The molecular weight excluding hydrogens is 274 g/mol. The van der Waals surface area contributed by atoms with E-state index < -0.39 is 31.0 Å². The van der Waals surface area contributed by atoms with Crippen molar-refractivity contribution >= 4 is 35.2 Å². The summed E-state index contributed by atoms with van der Waals surface area (Å²) in [6, 6.07) is 5.56. The lowest BCUT2D eigenvalue weighted by Crippen LogP contribution is -2.43. The molecule has 0 aliphatic heterocycles. The minimum absolute atomic E-state index is 0.386. The normalized spacial score (nSPS) is 9.74. The van der Waals surface area contributed by atoms with E-state index in [0.29, 0.717) is 10.7 Å². The molecule has 0 atom stereocenters. The first-order valence-electron chi connectivity index (χ1n) is 5.20. The molecule has 0 heterocycles. The Bertz CT molecular complexity index is 490. The van der Waals surface area contributed by atoms with Crippen LogP contribution in [0.15, 0.2) is 24.3 Å². The van der Waals surface area contributed by atoms with E-state index in [2.05, 4.69) is 5.32 Å². The molecule has 1 aromatic carbocycles. The van der Waals surface area contributed by atoms with Crippen LogP contribution in [0.1, 0.15) is 0 Å². The fraction of sp³-hybridized carbons (Fsp3) is 0.182. The van der Waals surface area contributed by atoms with Gasteiger partial charge in [-0.25, -0.2) is 4.79 Å². The molecule has 0 saturated heterocycles. The number of halogens is 1. The average Bonchev–Trinajstić information content (AvgIpc) is 2.26. The number of rotatable bonds is 5. The summed E-state index contributed by atoms with van der Waals surface area (Å²) in [6.45, 7) is -1.12. The number of nitrogens with zero attached hydrogens (tertiary/aromatic N) is 1. The zero-order valence-electron chi connectivity index (χ0n) is 9.80. The highest BCUT2D eigenvalue weighted by Crippen LogP contribution is 2.15. The Morgan fingerprint density at radius 1 is 1.32 bits per heavy atom. The monoisotopic (exact) mass is 285 g/mol. The molecule has 0 radical (unpaired) electrons. The van der Waals surface area contributed by atoms with Gasteiger partial charge in [0.05, 0.1) is 0 Å². The number of nitrogens with two attached hydrogens (primary N) is 1. The first-order valence-corrected chi connectivity index (χ1v) is 5.58. The highest BCUT2D eigenvalue weighted by molar-refractivity contribution is 6.30. The van der Waals surface area contributed by atoms with Gasteiger partial charge in [0.15, 0.2) is 0 Å². The van der Waals surface area contributed by atoms with Crippen LogP contribution in [0.3, 0.4) is 0 Å². The third-order valence-electron chi connectivity index (χ3n) is 2.04. The maximum absolute atomic E-state index is 11.8. The van der Waals surface area contributed by atoms with Gasteiger partial charge in [0, 0.05) is 10.7 Å². The van der Waals surface area contributed by atoms with Gasteiger partial charge in [0.1, 0.15) is 13.1 Å². The van der Waals surface area contributed by atoms with Crippen molar-refractivity contribution in [3.05, 3.63) is 29.3 Å². The molecule has 1 rings (SSSR count). The zero-order chi connectivity index (χ0) is 14.4. The largest absolute Gasteiger partial charge is 0.480 e. The van der Waals surface area contributed by atoms with Crippen molar-refractivity contribution in [2.24, 2.45) is 5.73 Å². The molecule has 3 amide bonds. The maximum atomic E-state index is 11.8. The molecule has 0 aromatic heterocycles. The predicted octanol–water partition coefficient (Wildman–Crippen LogP) is 0.744. The number of carbonyl (C=O) groups excluding carboxylic acids is 2. The summed E-state index contributed by atoms with van der Waals surface area (Å²) in [7, 11) is 0. The van der Waals surface area contributed by atoms with Crippen LogP contribution in [-0.4, -0.2) is 41.0 Å². The smallest absolute Gasteiger partial charge is 0.323 e. The average molecular weight is 286 g/mol. The summed E-state index contributed by atoms with van der Waals surface area (Å²) in [5, 5.41) is 11.5. The third-order valence-corrected chi connectivity index (χ3v) is 2.27. The van der Waals surface area contributed by atoms with Crippen LogP contribution in [0.2, 0.25) is 5.02 Å². The van der Waals surface area contributed by atoms with Gasteiger partial charge in [0.2, 0.25) is 5.91 Å². The van der Waals surface area contributed by atoms with E-state index in [4.69, 9.17) is 22.4 Å². The quantitative estimate of drug-likeness (QED) is 0.740. The number of urea groups is 1. The van der Waals surface area contributed by atoms with E-state index in [-0.39, 0.29) is 0 Å². The first-order chi connectivity index (χ1) is 8.88. The fourth-order valence-corrected chi connectivity index (χ4v) is 1.51. The van der Waals surface area contributed by atoms with Crippen molar-refractivity contribution < 1.29 is 19.5 Å². The number of hydrogen-bond acceptors (Lipinski definition) is 3. The van der Waals surface area contributed by atoms with Crippen LogP contribution in [-0.2, 0) is 9.59 Å². The number of hydrogen-bond donors (Lipinski definition) is 3. The van der Waals surface area contributed by atoms with E-state index in [1.54, 1.807) is 18.2 Å². The molecule has 0 fully saturated rings. The van der Waals surface area contributed by atoms with E-state index in [1.165, 1.54) is 6.07 Å². The van der Waals surface area contributed by atoms with Gasteiger partial charge in [0.25, 0.3) is 0 Å². The molecule has 7 nitrogen and oxygen atoms in total. The number of anilines is 1. The van der Waals surface area contributed by atoms with Crippen molar-refractivity contribution in [3.8, 4) is 0 Å². The molecule has 102 valence electrons. The van der Waals surface area contributed by atoms with Gasteiger partial charge in [-0.15, -0.1) is 0 Å². The number of carboxylic acid groups (broad SMARTS) is 1. The van der Waals surface area contributed by atoms with Gasteiger partial charge < -0.3 is 21.1 Å². The highest BCUT2D eigenvalue weighted by Gasteiger charge is 2.18. The summed E-state index contributed by atoms with van der Waals surface area (Å²) in [6.07, 6.45) is 0. The van der Waals surface area contributed by atoms with Crippen molar-refractivity contribution in [1.29, 1.82) is 0 Å². The summed E-state index contributed by atoms with van der Waals surface area (Å²) < 4.78 is 0. The van der Waals surface area contributed by atoms with Crippen LogP contribution in [0.25, 0.3) is 0 Å². The maximum Gasteiger partial charge on any atom is 0.323 e. The third kappa shape index (κ3) is 5.26. The topological polar surface area (TPSA) is 113 Å². The van der Waals surface area contributed by atoms with Crippen molar-refractivity contribution in [3.63, 3.8) is 0 Å². The Kier molecular flexibility index (Phi) is 5.13. The lowest BCUT2D eigenvalue weighted by Gasteiger charge is -2.19. The standard InChI is InChI=1S/C11H12ClN3O4/c12-7-2-1-3-8(4-7)14-11(19)15(5-9(13)16)6-10(17)18/h1-4H,5-6H2,(H2,13,16)(H,14,19)(H,17,18). The summed E-state index contributed by atoms with van der Waals surface area (Å²) in [5.41, 5.74) is 5.34. The zero-order valence-corrected chi connectivity index (χ0v) is 10.6. The van der Waals surface area contributed by atoms with E-state index in [9.17, 15) is 14.4 Å². The van der Waals surface area contributed by atoms with Crippen molar-refractivity contribution in [2.45, 2.75) is 0 Å². The van der Waals surface area contributed by atoms with Crippen LogP contribution < -0.4 is 11.1 Å². The minimum atomic E-state index is -1.25. The van der Waals surface area contributed by atoms with Gasteiger partial charge in [-0.3, -0.25) is 9.59 Å². The molecular formula is C11H12ClN3O4. The Labute approximate surface area is 113 Å². The predicted molar refractivity (Wildman–Crippen MR) is 68.9 cm³/mol. The fourth-order valence-electron chi connectivity index (χ4n) is 1.32. The second-order valence-electron chi connectivity index (χ2n) is 3.66. The second-order valence-corrected chi connectivity index (χ2v) is 4.09. The molecule has 0 spiro atoms. The SMILES string of the molecule is NC(=O)CN(CC(=O)O)C(=O)Nc1cccc(Cl)c1. The number of carbonyl (C=O) groups is 3. The lowest BCUT2D eigenvalue weighted by atomic mass is 10.3. The van der Waals surface area contributed by atoms with Crippen LogP contribution >= 0.6 is 11.6 Å². The number of carboxylic acids is 1. The molecule has 1 aromatic rings. The van der Waals surface area contributed by atoms with E-state index in [0.717, 1.165) is 4.90 Å². The molecule has 8 heteroatoms. The molecule has 0 aliphatic carbocycles. The van der Waals surface area contributed by atoms with Gasteiger partial charge in [-0.2, -0.15) is 0 Å². The molecule has 0 aliphatic rings. The second kappa shape index (κ2) is 6.60. The Balaban J connectivity index is 2.76. The van der Waals surface area contributed by atoms with Gasteiger partial charge >= 0.3 is 12.0 Å². The van der Waals surface area contributed by atoms with E-state index in [1.807, 2.05) is 0 Å².